The molecule has 2 saturated heterocycles. The van der Waals surface area contributed by atoms with Crippen molar-refractivity contribution in [1.29, 1.82) is 0 Å². The van der Waals surface area contributed by atoms with E-state index in [0.29, 0.717) is 50.0 Å². The van der Waals surface area contributed by atoms with Crippen LogP contribution in [0, 0.1) is 12.3 Å². The fraction of sp³-hybridized carbons (Fsp3) is 0.400. The van der Waals surface area contributed by atoms with E-state index in [1.807, 2.05) is 12.1 Å². The van der Waals surface area contributed by atoms with Gasteiger partial charge in [-0.1, -0.05) is 11.6 Å². The number of rotatable bonds is 7. The van der Waals surface area contributed by atoms with Crippen LogP contribution in [0.2, 0.25) is 5.02 Å². The monoisotopic (exact) mass is 606 g/mol. The molecule has 2 aliphatic heterocycles. The van der Waals surface area contributed by atoms with Gasteiger partial charge >= 0.3 is 0 Å². The number of methoxy groups -OCH3 is 1. The molecule has 12 heteroatoms. The second-order valence-electron chi connectivity index (χ2n) is 11.9. The van der Waals surface area contributed by atoms with Crippen molar-refractivity contribution in [3.8, 4) is 5.75 Å². The quantitative estimate of drug-likeness (QED) is 0.256. The summed E-state index contributed by atoms with van der Waals surface area (Å²) >= 11 is 6.52. The zero-order valence-electron chi connectivity index (χ0n) is 24.6. The number of piperidine rings is 1. The third-order valence-electron chi connectivity index (χ3n) is 8.29. The van der Waals surface area contributed by atoms with Crippen LogP contribution < -0.4 is 25.6 Å². The number of nitrogens with zero attached hydrogens (tertiary/aromatic N) is 6. The van der Waals surface area contributed by atoms with Crippen LogP contribution in [0.3, 0.4) is 0 Å². The number of fused-ring (bicyclic) bond motifs is 1. The van der Waals surface area contributed by atoms with Crippen LogP contribution in [0.25, 0.3) is 11.0 Å². The Balaban J connectivity index is 1.26. The molecule has 4 aromatic rings. The molecule has 2 fully saturated rings. The van der Waals surface area contributed by atoms with Gasteiger partial charge in [0.2, 0.25) is 5.95 Å². The van der Waals surface area contributed by atoms with Crippen molar-refractivity contribution < 1.29 is 9.30 Å². The van der Waals surface area contributed by atoms with Gasteiger partial charge in [0.1, 0.15) is 23.4 Å². The number of hydrogen-bond acceptors (Lipinski definition) is 10. The summed E-state index contributed by atoms with van der Waals surface area (Å²) in [6.45, 7) is 10.0. The van der Waals surface area contributed by atoms with E-state index in [9.17, 15) is 4.57 Å². The highest BCUT2D eigenvalue weighted by molar-refractivity contribution is 7.71. The molecule has 2 aromatic heterocycles. The zero-order chi connectivity index (χ0) is 29.6. The summed E-state index contributed by atoms with van der Waals surface area (Å²) in [4.78, 5) is 22.8. The Morgan fingerprint density at radius 3 is 2.45 bits per heavy atom. The Morgan fingerprint density at radius 1 is 1.02 bits per heavy atom. The Kier molecular flexibility index (Phi) is 7.50. The minimum atomic E-state index is -2.75. The van der Waals surface area contributed by atoms with Gasteiger partial charge in [-0.05, 0) is 69.3 Å². The summed E-state index contributed by atoms with van der Waals surface area (Å²) in [5.74, 6) is 1.43. The van der Waals surface area contributed by atoms with E-state index in [0.717, 1.165) is 24.3 Å². The number of aromatic nitrogens is 4. The molecular formula is C30H36ClN8O2P. The topological polar surface area (TPSA) is 108 Å². The molecule has 0 radical (unpaired) electrons. The molecule has 2 aliphatic rings. The molecule has 0 unspecified atom stereocenters. The Bertz CT molecular complexity index is 1690. The molecule has 220 valence electrons. The number of likely N-dealkylation sites (tertiary alicyclic amines) is 1. The van der Waals surface area contributed by atoms with Crippen LogP contribution in [0.1, 0.15) is 18.4 Å². The van der Waals surface area contributed by atoms with Crippen molar-refractivity contribution in [2.45, 2.75) is 19.8 Å². The van der Waals surface area contributed by atoms with E-state index < -0.39 is 7.14 Å². The van der Waals surface area contributed by atoms with Crippen LogP contribution in [0.5, 0.6) is 5.75 Å². The predicted octanol–water partition coefficient (Wildman–Crippen LogP) is 5.66. The zero-order valence-corrected chi connectivity index (χ0v) is 26.3. The average molecular weight is 607 g/mol. The van der Waals surface area contributed by atoms with Gasteiger partial charge < -0.3 is 29.7 Å². The van der Waals surface area contributed by atoms with Gasteiger partial charge in [0, 0.05) is 50.3 Å². The van der Waals surface area contributed by atoms with Gasteiger partial charge in [-0.15, -0.1) is 0 Å². The molecule has 2 N–H and O–H groups in total. The van der Waals surface area contributed by atoms with Gasteiger partial charge in [-0.3, -0.25) is 9.97 Å². The number of benzene rings is 2. The molecular weight excluding hydrogens is 571 g/mol. The van der Waals surface area contributed by atoms with Crippen molar-refractivity contribution in [1.82, 2.24) is 24.8 Å². The fourth-order valence-corrected chi connectivity index (χ4v) is 7.88. The normalized spacial score (nSPS) is 16.9. The number of aryl methyl sites for hydroxylation is 1. The third kappa shape index (κ3) is 5.51. The maximum absolute atomic E-state index is 13.3. The maximum atomic E-state index is 13.3. The Morgan fingerprint density at radius 2 is 1.76 bits per heavy atom. The largest absolute Gasteiger partial charge is 0.494 e. The molecule has 0 aliphatic carbocycles. The van der Waals surface area contributed by atoms with Crippen LogP contribution in [0.15, 0.2) is 42.9 Å². The van der Waals surface area contributed by atoms with Crippen LogP contribution in [-0.2, 0) is 4.57 Å². The fourth-order valence-electron chi connectivity index (χ4n) is 6.35. The smallest absolute Gasteiger partial charge is 0.229 e. The lowest BCUT2D eigenvalue weighted by Crippen LogP contribution is -2.58. The van der Waals surface area contributed by atoms with Crippen LogP contribution in [-0.4, -0.2) is 78.5 Å². The molecule has 6 rings (SSSR count). The molecule has 10 nitrogen and oxygen atoms in total. The molecule has 0 amide bonds. The highest BCUT2D eigenvalue weighted by Gasteiger charge is 2.43. The summed E-state index contributed by atoms with van der Waals surface area (Å²) in [6.07, 6.45) is 7.18. The lowest BCUT2D eigenvalue weighted by atomic mass is 9.72. The number of halogens is 1. The first-order chi connectivity index (χ1) is 20.0. The standard InChI is InChI=1S/C30H36ClN8O2P/c1-19-14-23(25(41-3)15-24(19)39-12-8-30(9-13-39)17-38(2)18-30)36-29-34-16-20(31)28(37-29)35-22-7-6-21-26(33-11-10-32-21)27(22)42(4,5)40/h6-7,10-11,14-16H,8-9,12-13,17-18H2,1-5H3,(H2,34,35,36,37). The summed E-state index contributed by atoms with van der Waals surface area (Å²) in [7, 11) is 1.12. The van der Waals surface area contributed by atoms with Gasteiger partial charge in [-0.2, -0.15) is 4.98 Å². The van der Waals surface area contributed by atoms with Crippen LogP contribution >= 0.6 is 18.7 Å². The summed E-state index contributed by atoms with van der Waals surface area (Å²) in [5, 5.41) is 7.51. The van der Waals surface area contributed by atoms with Crippen molar-refractivity contribution in [3.05, 3.63) is 53.4 Å². The second kappa shape index (κ2) is 11.0. The number of hydrogen-bond donors (Lipinski definition) is 2. The molecule has 42 heavy (non-hydrogen) atoms. The van der Waals surface area contributed by atoms with E-state index in [-0.39, 0.29) is 0 Å². The summed E-state index contributed by atoms with van der Waals surface area (Å²) < 4.78 is 19.1. The molecule has 0 saturated carbocycles. The van der Waals surface area contributed by atoms with Crippen molar-refractivity contribution in [2.24, 2.45) is 5.41 Å². The Labute approximate surface area is 251 Å². The van der Waals surface area contributed by atoms with Crippen molar-refractivity contribution >= 4 is 63.9 Å². The van der Waals surface area contributed by atoms with E-state index in [2.05, 4.69) is 66.5 Å². The minimum absolute atomic E-state index is 0.326. The van der Waals surface area contributed by atoms with E-state index in [1.165, 1.54) is 37.8 Å². The first-order valence-electron chi connectivity index (χ1n) is 14.0. The lowest BCUT2D eigenvalue weighted by Gasteiger charge is -2.53. The number of anilines is 5. The highest BCUT2D eigenvalue weighted by Crippen LogP contribution is 2.43. The predicted molar refractivity (Wildman–Crippen MR) is 171 cm³/mol. The first-order valence-corrected chi connectivity index (χ1v) is 17.0. The van der Waals surface area contributed by atoms with Crippen LogP contribution in [0.4, 0.5) is 28.8 Å². The molecule has 4 heterocycles. The van der Waals surface area contributed by atoms with E-state index in [1.54, 1.807) is 32.8 Å². The lowest BCUT2D eigenvalue weighted by molar-refractivity contribution is 0.00130. The number of nitrogens with one attached hydrogen (secondary N) is 2. The van der Waals surface area contributed by atoms with Crippen molar-refractivity contribution in [3.63, 3.8) is 0 Å². The van der Waals surface area contributed by atoms with E-state index in [4.69, 9.17) is 16.3 Å². The maximum Gasteiger partial charge on any atom is 0.229 e. The molecule has 0 atom stereocenters. The summed E-state index contributed by atoms with van der Waals surface area (Å²) in [6, 6.07) is 7.83. The van der Waals surface area contributed by atoms with Crippen molar-refractivity contribution in [2.75, 3.05) is 69.2 Å². The molecule has 2 aromatic carbocycles. The third-order valence-corrected chi connectivity index (χ3v) is 10.1. The van der Waals surface area contributed by atoms with Gasteiger partial charge in [-0.25, -0.2) is 4.98 Å². The average Bonchev–Trinajstić information content (AvgIpc) is 2.94. The first kappa shape index (κ1) is 28.6. The SMILES string of the molecule is COc1cc(N2CCC3(CC2)CN(C)C3)c(C)cc1Nc1ncc(Cl)c(Nc2ccc3nccnc3c2P(C)(C)=O)n1. The van der Waals surface area contributed by atoms with Gasteiger partial charge in [0.25, 0.3) is 0 Å². The summed E-state index contributed by atoms with van der Waals surface area (Å²) in [5.41, 5.74) is 5.46. The number of ether oxygens (including phenoxy) is 1. The highest BCUT2D eigenvalue weighted by atomic mass is 35.5. The minimum Gasteiger partial charge on any atom is -0.494 e. The van der Waals surface area contributed by atoms with E-state index >= 15 is 0 Å². The second-order valence-corrected chi connectivity index (χ2v) is 15.4. The molecule has 1 spiro atoms. The van der Waals surface area contributed by atoms with Gasteiger partial charge in [0.05, 0.1) is 35.5 Å². The molecule has 0 bridgehead atoms. The Hall–Kier alpha value is -3.46. The van der Waals surface area contributed by atoms with Gasteiger partial charge in [0.15, 0.2) is 5.82 Å².